The molecule has 21 heavy (non-hydrogen) atoms. The van der Waals surface area contributed by atoms with Crippen LogP contribution >= 0.6 is 11.6 Å². The molecule has 3 rings (SSSR count). The number of rotatable bonds is 0. The number of allylic oxidation sites excluding steroid dienone is 5. The molecule has 0 radical (unpaired) electrons. The maximum absolute atomic E-state index is 12.7. The number of hydrogen-bond acceptors (Lipinski definition) is 4. The van der Waals surface area contributed by atoms with Crippen LogP contribution in [0.4, 0.5) is 13.2 Å². The molecule has 1 N–H and O–H groups in total. The fraction of sp³-hybridized carbons (Fsp3) is 0.154. The number of nitrogens with zero attached hydrogens (tertiary/aromatic N) is 2. The van der Waals surface area contributed by atoms with Gasteiger partial charge < -0.3 is 4.74 Å². The summed E-state index contributed by atoms with van der Waals surface area (Å²) in [5.74, 6) is 0.116. The number of ether oxygens (including phenoxy) is 1. The maximum atomic E-state index is 12.7. The topological polar surface area (TPSA) is 45.1 Å². The molecule has 0 saturated heterocycles. The Kier molecular flexibility index (Phi) is 3.18. The first-order valence-electron chi connectivity index (χ1n) is 5.84. The summed E-state index contributed by atoms with van der Waals surface area (Å²) in [5, 5.41) is 10.1. The zero-order valence-electron chi connectivity index (χ0n) is 10.3. The minimum absolute atomic E-state index is 0.116. The lowest BCUT2D eigenvalue weighted by molar-refractivity contribution is -0.0882. The van der Waals surface area contributed by atoms with Crippen LogP contribution in [0, 0.1) is 0 Å². The predicted octanol–water partition coefficient (Wildman–Crippen LogP) is 3.40. The lowest BCUT2D eigenvalue weighted by Crippen LogP contribution is -2.21. The van der Waals surface area contributed by atoms with Gasteiger partial charge in [0, 0.05) is 6.20 Å². The van der Waals surface area contributed by atoms with Gasteiger partial charge in [0.2, 0.25) is 5.88 Å². The average molecular weight is 317 g/mol. The third-order valence-corrected chi connectivity index (χ3v) is 3.27. The van der Waals surface area contributed by atoms with Crippen molar-refractivity contribution in [2.45, 2.75) is 12.3 Å². The van der Waals surface area contributed by atoms with Crippen LogP contribution in [0.25, 0.3) is 0 Å². The van der Waals surface area contributed by atoms with Gasteiger partial charge in [-0.2, -0.15) is 13.2 Å². The minimum atomic E-state index is -4.43. The molecule has 1 atom stereocenters. The molecule has 0 aromatic carbocycles. The minimum Gasteiger partial charge on any atom is -0.463 e. The number of fused-ring (bicyclic) bond motifs is 1. The largest absolute Gasteiger partial charge is 0.463 e. The normalized spacial score (nSPS) is 28.0. The van der Waals surface area contributed by atoms with Crippen LogP contribution in [-0.4, -0.2) is 28.3 Å². The highest BCUT2D eigenvalue weighted by Gasteiger charge is 2.37. The van der Waals surface area contributed by atoms with Crippen molar-refractivity contribution in [3.05, 3.63) is 58.8 Å². The van der Waals surface area contributed by atoms with Crippen molar-refractivity contribution >= 4 is 17.3 Å². The van der Waals surface area contributed by atoms with E-state index in [-0.39, 0.29) is 16.6 Å². The lowest BCUT2D eigenvalue weighted by atomic mass is 10.0. The molecule has 4 nitrogen and oxygen atoms in total. The Morgan fingerprint density at radius 3 is 2.76 bits per heavy atom. The number of hydroxylamine groups is 2. The van der Waals surface area contributed by atoms with E-state index in [0.717, 1.165) is 17.2 Å². The SMILES string of the molecule is ON1C=CC(=C2N=C3C=C(C(F)(F)F)C=CC3O2)C(Cl)=C1. The molecule has 3 aliphatic rings. The highest BCUT2D eigenvalue weighted by molar-refractivity contribution is 6.32. The average Bonchev–Trinajstić information content (AvgIpc) is 2.79. The second kappa shape index (κ2) is 4.78. The fourth-order valence-electron chi connectivity index (χ4n) is 1.97. The monoisotopic (exact) mass is 316 g/mol. The van der Waals surface area contributed by atoms with E-state index in [9.17, 15) is 18.4 Å². The Hall–Kier alpha value is -1.99. The van der Waals surface area contributed by atoms with Crippen LogP contribution in [0.5, 0.6) is 0 Å². The predicted molar refractivity (Wildman–Crippen MR) is 69.3 cm³/mol. The molecule has 0 saturated carbocycles. The van der Waals surface area contributed by atoms with Gasteiger partial charge in [-0.3, -0.25) is 5.21 Å². The Morgan fingerprint density at radius 2 is 2.10 bits per heavy atom. The summed E-state index contributed by atoms with van der Waals surface area (Å²) in [5.41, 5.74) is -0.231. The van der Waals surface area contributed by atoms with E-state index in [1.807, 2.05) is 0 Å². The molecule has 0 amide bonds. The molecule has 110 valence electrons. The highest BCUT2D eigenvalue weighted by atomic mass is 35.5. The zero-order valence-corrected chi connectivity index (χ0v) is 11.1. The molecular formula is C13H8ClF3N2O2. The second-order valence-electron chi connectivity index (χ2n) is 4.42. The first-order valence-corrected chi connectivity index (χ1v) is 6.22. The van der Waals surface area contributed by atoms with Gasteiger partial charge in [-0.25, -0.2) is 10.1 Å². The van der Waals surface area contributed by atoms with Crippen molar-refractivity contribution in [1.82, 2.24) is 5.06 Å². The molecule has 1 aliphatic carbocycles. The molecule has 0 bridgehead atoms. The van der Waals surface area contributed by atoms with Gasteiger partial charge in [0.05, 0.1) is 28.1 Å². The zero-order chi connectivity index (χ0) is 15.2. The maximum Gasteiger partial charge on any atom is 0.416 e. The van der Waals surface area contributed by atoms with E-state index in [1.54, 1.807) is 0 Å². The first kappa shape index (κ1) is 14.0. The molecule has 2 heterocycles. The van der Waals surface area contributed by atoms with Crippen molar-refractivity contribution in [2.24, 2.45) is 4.99 Å². The van der Waals surface area contributed by atoms with E-state index >= 15 is 0 Å². The third-order valence-electron chi connectivity index (χ3n) is 2.97. The molecule has 0 fully saturated rings. The third kappa shape index (κ3) is 2.62. The summed E-state index contributed by atoms with van der Waals surface area (Å²) < 4.78 is 43.4. The van der Waals surface area contributed by atoms with Crippen LogP contribution in [0.15, 0.2) is 63.8 Å². The van der Waals surface area contributed by atoms with Gasteiger partial charge in [0.25, 0.3) is 0 Å². The van der Waals surface area contributed by atoms with Crippen LogP contribution in [0.1, 0.15) is 0 Å². The van der Waals surface area contributed by atoms with Gasteiger partial charge in [0.15, 0.2) is 6.10 Å². The van der Waals surface area contributed by atoms with E-state index in [1.165, 1.54) is 24.6 Å². The summed E-state index contributed by atoms with van der Waals surface area (Å²) in [6.07, 6.45) is 2.09. The molecule has 0 aromatic rings. The van der Waals surface area contributed by atoms with E-state index in [0.29, 0.717) is 5.57 Å². The smallest absolute Gasteiger partial charge is 0.416 e. The molecule has 0 aromatic heterocycles. The summed E-state index contributed by atoms with van der Waals surface area (Å²) in [4.78, 5) is 4.04. The molecular weight excluding hydrogens is 309 g/mol. The molecule has 2 aliphatic heterocycles. The van der Waals surface area contributed by atoms with E-state index < -0.39 is 17.9 Å². The summed E-state index contributed by atoms with van der Waals surface area (Å²) in [7, 11) is 0. The quantitative estimate of drug-likeness (QED) is 0.745. The van der Waals surface area contributed by atoms with Gasteiger partial charge in [-0.15, -0.1) is 0 Å². The van der Waals surface area contributed by atoms with Crippen LogP contribution in [-0.2, 0) is 4.74 Å². The van der Waals surface area contributed by atoms with Crippen molar-refractivity contribution < 1.29 is 23.1 Å². The number of hydrogen-bond donors (Lipinski definition) is 1. The summed E-state index contributed by atoms with van der Waals surface area (Å²) in [6, 6.07) is 0. The summed E-state index contributed by atoms with van der Waals surface area (Å²) in [6.45, 7) is 0. The second-order valence-corrected chi connectivity index (χ2v) is 4.83. The Balaban J connectivity index is 1.97. The van der Waals surface area contributed by atoms with Gasteiger partial charge >= 0.3 is 6.18 Å². The van der Waals surface area contributed by atoms with Crippen LogP contribution < -0.4 is 0 Å². The standard InChI is InChI=1S/C13H8ClF3N2O2/c14-9-6-19(20)4-3-8(9)12-18-10-5-7(13(15,16)17)1-2-11(10)21-12/h1-6,11,20H. The molecule has 1 unspecified atom stereocenters. The first-order chi connectivity index (χ1) is 9.84. The van der Waals surface area contributed by atoms with Crippen molar-refractivity contribution in [1.29, 1.82) is 0 Å². The Labute approximate surface area is 122 Å². The number of aliphatic imine (C=N–C) groups is 1. The van der Waals surface area contributed by atoms with Crippen LogP contribution in [0.3, 0.4) is 0 Å². The summed E-state index contributed by atoms with van der Waals surface area (Å²) >= 11 is 5.94. The van der Waals surface area contributed by atoms with Gasteiger partial charge in [-0.1, -0.05) is 11.6 Å². The van der Waals surface area contributed by atoms with Crippen LogP contribution in [0.2, 0.25) is 0 Å². The van der Waals surface area contributed by atoms with E-state index in [4.69, 9.17) is 16.3 Å². The molecule has 0 spiro atoms. The Morgan fingerprint density at radius 1 is 1.33 bits per heavy atom. The fourth-order valence-corrected chi connectivity index (χ4v) is 2.22. The number of alkyl halides is 3. The van der Waals surface area contributed by atoms with Crippen molar-refractivity contribution in [2.75, 3.05) is 0 Å². The Bertz CT molecular complexity index is 671. The lowest BCUT2D eigenvalue weighted by Gasteiger charge is -2.16. The van der Waals surface area contributed by atoms with Crippen molar-refractivity contribution in [3.63, 3.8) is 0 Å². The molecule has 8 heteroatoms. The van der Waals surface area contributed by atoms with Crippen molar-refractivity contribution in [3.8, 4) is 0 Å². The van der Waals surface area contributed by atoms with Gasteiger partial charge in [0.1, 0.15) is 0 Å². The van der Waals surface area contributed by atoms with Gasteiger partial charge in [-0.05, 0) is 24.3 Å². The number of halogens is 4. The van der Waals surface area contributed by atoms with E-state index in [2.05, 4.69) is 4.99 Å². The highest BCUT2D eigenvalue weighted by Crippen LogP contribution is 2.34.